The number of aromatic carboxylic acids is 1. The number of carboxylic acids is 1. The van der Waals surface area contributed by atoms with Gasteiger partial charge in [-0.15, -0.1) is 0 Å². The molecule has 0 fully saturated rings. The van der Waals surface area contributed by atoms with E-state index in [1.54, 1.807) is 48.2 Å². The van der Waals surface area contributed by atoms with Gasteiger partial charge in [-0.3, -0.25) is 14.4 Å². The van der Waals surface area contributed by atoms with E-state index in [1.807, 2.05) is 20.9 Å². The summed E-state index contributed by atoms with van der Waals surface area (Å²) in [6, 6.07) is 10.9. The van der Waals surface area contributed by atoms with Crippen molar-refractivity contribution in [3.63, 3.8) is 0 Å². The smallest absolute Gasteiger partial charge is 0.335 e. The fraction of sp³-hybridized carbons (Fsp3) is 0.548. The molecule has 1 aliphatic rings. The molecule has 11 nitrogen and oxygen atoms in total. The Hall–Kier alpha value is -3.19. The number of nitrogens with one attached hydrogen (secondary N) is 1. The number of hydrogen-bond acceptors (Lipinski definition) is 8. The molecular formula is C31H45N3O8S. The molecular weight excluding hydrogens is 574 g/mol. The summed E-state index contributed by atoms with van der Waals surface area (Å²) in [4.78, 5) is 29.0. The Labute approximate surface area is 254 Å². The van der Waals surface area contributed by atoms with Crippen LogP contribution < -0.4 is 9.46 Å². The first-order valence-electron chi connectivity index (χ1n) is 14.6. The van der Waals surface area contributed by atoms with Crippen molar-refractivity contribution in [1.29, 1.82) is 0 Å². The third-order valence-corrected chi connectivity index (χ3v) is 8.11. The van der Waals surface area contributed by atoms with Gasteiger partial charge in [0.15, 0.2) is 0 Å². The normalized spacial score (nSPS) is 21.4. The number of nitrogens with zero attached hydrogens (tertiary/aromatic N) is 2. The zero-order valence-electron chi connectivity index (χ0n) is 25.7. The summed E-state index contributed by atoms with van der Waals surface area (Å²) >= 11 is 0. The van der Waals surface area contributed by atoms with Gasteiger partial charge in [0.05, 0.1) is 42.2 Å². The van der Waals surface area contributed by atoms with Gasteiger partial charge in [0.2, 0.25) is 10.0 Å². The maximum Gasteiger partial charge on any atom is 0.335 e. The number of anilines is 1. The van der Waals surface area contributed by atoms with Gasteiger partial charge in [-0.05, 0) is 76.1 Å². The molecule has 3 rings (SSSR count). The van der Waals surface area contributed by atoms with Gasteiger partial charge in [0, 0.05) is 37.8 Å². The van der Waals surface area contributed by atoms with E-state index >= 15 is 0 Å². The predicted octanol–water partition coefficient (Wildman–Crippen LogP) is 3.68. The van der Waals surface area contributed by atoms with Crippen LogP contribution in [0, 0.1) is 5.92 Å². The Balaban J connectivity index is 1.89. The van der Waals surface area contributed by atoms with Crippen molar-refractivity contribution >= 4 is 27.6 Å². The molecule has 0 radical (unpaired) electrons. The molecule has 0 saturated heterocycles. The summed E-state index contributed by atoms with van der Waals surface area (Å²) in [7, 11) is -1.61. The van der Waals surface area contributed by atoms with Gasteiger partial charge in [0.25, 0.3) is 5.91 Å². The van der Waals surface area contributed by atoms with Gasteiger partial charge in [-0.1, -0.05) is 19.1 Å². The second-order valence-electron chi connectivity index (χ2n) is 11.6. The van der Waals surface area contributed by atoms with Crippen molar-refractivity contribution < 1.29 is 37.7 Å². The number of fused-ring (bicyclic) bond motifs is 1. The van der Waals surface area contributed by atoms with Crippen molar-refractivity contribution in [3.05, 3.63) is 59.2 Å². The van der Waals surface area contributed by atoms with E-state index in [2.05, 4.69) is 9.62 Å². The summed E-state index contributed by atoms with van der Waals surface area (Å²) in [5.41, 5.74) is 1.66. The van der Waals surface area contributed by atoms with Crippen LogP contribution in [0.4, 0.5) is 5.69 Å². The molecule has 0 aliphatic carbocycles. The van der Waals surface area contributed by atoms with Crippen LogP contribution in [0.2, 0.25) is 0 Å². The molecule has 2 aromatic rings. The minimum absolute atomic E-state index is 0.127. The lowest BCUT2D eigenvalue weighted by Crippen LogP contribution is -2.47. The predicted molar refractivity (Wildman–Crippen MR) is 165 cm³/mol. The standard InChI is InChI=1S/C31H45N3O8S/c1-21-17-34(22(2)20-35)30(36)27-16-26(32-43(5,39)40)13-14-28(27)42-23(3)8-6-7-15-41-29(21)19-33(4)18-24-9-11-25(12-10-24)31(37)38/h9-14,16,21-23,29,32,35H,6-8,15,17-20H2,1-5H3,(H,37,38)/t21-,22+,23+,29-/m0/s1. The molecule has 43 heavy (non-hydrogen) atoms. The lowest BCUT2D eigenvalue weighted by molar-refractivity contribution is -0.0177. The quantitative estimate of drug-likeness (QED) is 0.383. The number of rotatable bonds is 9. The van der Waals surface area contributed by atoms with Crippen LogP contribution in [0.1, 0.15) is 66.3 Å². The maximum atomic E-state index is 14.1. The average molecular weight is 620 g/mol. The van der Waals surface area contributed by atoms with Gasteiger partial charge in [-0.2, -0.15) is 0 Å². The zero-order valence-corrected chi connectivity index (χ0v) is 26.5. The molecule has 12 heteroatoms. The van der Waals surface area contributed by atoms with E-state index in [0.29, 0.717) is 25.4 Å². The second-order valence-corrected chi connectivity index (χ2v) is 13.3. The number of sulfonamides is 1. The molecule has 1 heterocycles. The van der Waals surface area contributed by atoms with Crippen LogP contribution in [0.5, 0.6) is 5.75 Å². The van der Waals surface area contributed by atoms with E-state index < -0.39 is 22.0 Å². The van der Waals surface area contributed by atoms with E-state index in [1.165, 1.54) is 6.07 Å². The third kappa shape index (κ3) is 10.5. The minimum Gasteiger partial charge on any atom is -0.490 e. The van der Waals surface area contributed by atoms with Crippen LogP contribution in [-0.4, -0.2) is 98.2 Å². The number of ether oxygens (including phenoxy) is 2. The lowest BCUT2D eigenvalue weighted by Gasteiger charge is -2.36. The van der Waals surface area contributed by atoms with Crippen LogP contribution in [0.3, 0.4) is 0 Å². The highest BCUT2D eigenvalue weighted by molar-refractivity contribution is 7.92. The molecule has 1 aliphatic heterocycles. The van der Waals surface area contributed by atoms with Gasteiger partial charge in [-0.25, -0.2) is 13.2 Å². The summed E-state index contributed by atoms with van der Waals surface area (Å²) in [5.74, 6) is -1.11. The van der Waals surface area contributed by atoms with Crippen molar-refractivity contribution in [1.82, 2.24) is 9.80 Å². The Morgan fingerprint density at radius 1 is 1.16 bits per heavy atom. The van der Waals surface area contributed by atoms with Crippen molar-refractivity contribution in [2.45, 2.75) is 64.8 Å². The van der Waals surface area contributed by atoms with Crippen LogP contribution >= 0.6 is 0 Å². The van der Waals surface area contributed by atoms with Crippen LogP contribution in [-0.2, 0) is 21.3 Å². The molecule has 0 bridgehead atoms. The first-order chi connectivity index (χ1) is 20.3. The zero-order chi connectivity index (χ0) is 31.7. The first kappa shape index (κ1) is 34.3. The number of hydrogen-bond donors (Lipinski definition) is 3. The van der Waals surface area contributed by atoms with E-state index in [-0.39, 0.29) is 54.0 Å². The first-order valence-corrected chi connectivity index (χ1v) is 16.5. The molecule has 0 aromatic heterocycles. The monoisotopic (exact) mass is 619 g/mol. The number of likely N-dealkylation sites (N-methyl/N-ethyl adjacent to an activating group) is 1. The van der Waals surface area contributed by atoms with Crippen molar-refractivity contribution in [2.24, 2.45) is 5.92 Å². The Kier molecular flexibility index (Phi) is 12.4. The van der Waals surface area contributed by atoms with E-state index in [0.717, 1.165) is 31.1 Å². The number of carbonyl (C=O) groups excluding carboxylic acids is 1. The molecule has 0 spiro atoms. The minimum atomic E-state index is -3.57. The van der Waals surface area contributed by atoms with E-state index in [9.17, 15) is 28.2 Å². The summed E-state index contributed by atoms with van der Waals surface area (Å²) in [6.45, 7) is 7.42. The summed E-state index contributed by atoms with van der Waals surface area (Å²) < 4.78 is 38.8. The van der Waals surface area contributed by atoms with Gasteiger partial charge in [0.1, 0.15) is 5.75 Å². The molecule has 4 atom stereocenters. The van der Waals surface area contributed by atoms with E-state index in [4.69, 9.17) is 9.47 Å². The molecule has 238 valence electrons. The van der Waals surface area contributed by atoms with Crippen molar-refractivity contribution in [3.8, 4) is 5.75 Å². The van der Waals surface area contributed by atoms with Crippen LogP contribution in [0.25, 0.3) is 0 Å². The van der Waals surface area contributed by atoms with Gasteiger partial charge >= 0.3 is 5.97 Å². The lowest BCUT2D eigenvalue weighted by atomic mass is 10.0. The molecule has 0 unspecified atom stereocenters. The average Bonchev–Trinajstić information content (AvgIpc) is 2.94. The number of carbonyl (C=O) groups is 2. The number of benzene rings is 2. The van der Waals surface area contributed by atoms with Crippen LogP contribution in [0.15, 0.2) is 42.5 Å². The maximum absolute atomic E-state index is 14.1. The molecule has 0 saturated carbocycles. The number of carboxylic acid groups (broad SMARTS) is 1. The number of aliphatic hydroxyl groups is 1. The second kappa shape index (κ2) is 15.5. The number of amides is 1. The van der Waals surface area contributed by atoms with Crippen molar-refractivity contribution in [2.75, 3.05) is 44.3 Å². The topological polar surface area (TPSA) is 146 Å². The summed E-state index contributed by atoms with van der Waals surface area (Å²) in [6.07, 6.45) is 3.04. The molecule has 3 N–H and O–H groups in total. The Morgan fingerprint density at radius 3 is 2.49 bits per heavy atom. The molecule has 1 amide bonds. The molecule has 2 aromatic carbocycles. The Bertz CT molecular complexity index is 1340. The fourth-order valence-corrected chi connectivity index (χ4v) is 5.65. The summed E-state index contributed by atoms with van der Waals surface area (Å²) in [5, 5.41) is 19.3. The number of aliphatic hydroxyl groups excluding tert-OH is 1. The van der Waals surface area contributed by atoms with Gasteiger partial charge < -0.3 is 24.6 Å². The third-order valence-electron chi connectivity index (χ3n) is 7.50. The highest BCUT2D eigenvalue weighted by Gasteiger charge is 2.30. The fourth-order valence-electron chi connectivity index (χ4n) is 5.10. The largest absolute Gasteiger partial charge is 0.490 e. The Morgan fingerprint density at radius 2 is 1.86 bits per heavy atom. The SMILES string of the molecule is C[C@@H]1CCCCO[C@@H](CN(C)Cc2ccc(C(=O)O)cc2)[C@@H](C)CN([C@H](C)CO)C(=O)c2cc(NS(C)(=O)=O)ccc2O1. The highest BCUT2D eigenvalue weighted by Crippen LogP contribution is 2.29. The highest BCUT2D eigenvalue weighted by atomic mass is 32.2.